The van der Waals surface area contributed by atoms with Crippen molar-refractivity contribution in [2.24, 2.45) is 34.0 Å². The number of nitrogens with one attached hydrogen (secondary N) is 1. The number of anilines is 2. The van der Waals surface area contributed by atoms with Crippen LogP contribution in [-0.2, 0) is 19.1 Å². The first-order valence-electron chi connectivity index (χ1n) is 18.1. The highest BCUT2D eigenvalue weighted by molar-refractivity contribution is 8.00. The van der Waals surface area contributed by atoms with Gasteiger partial charge in [0.2, 0.25) is 5.91 Å². The maximum absolute atomic E-state index is 13.7. The van der Waals surface area contributed by atoms with E-state index < -0.39 is 23.0 Å². The average Bonchev–Trinajstić information content (AvgIpc) is 3.46. The molecule has 3 N–H and O–H groups in total. The number of benzene rings is 2. The predicted molar refractivity (Wildman–Crippen MR) is 197 cm³/mol. The van der Waals surface area contributed by atoms with E-state index in [2.05, 4.69) is 42.5 Å². The fourth-order valence-electron chi connectivity index (χ4n) is 9.77. The number of piperazine rings is 1. The van der Waals surface area contributed by atoms with Gasteiger partial charge in [0, 0.05) is 66.0 Å². The zero-order valence-corrected chi connectivity index (χ0v) is 30.7. The van der Waals surface area contributed by atoms with Crippen molar-refractivity contribution in [3.05, 3.63) is 61.2 Å². The number of rotatable bonds is 9. The Morgan fingerprint density at radius 3 is 2.54 bits per heavy atom. The molecule has 3 saturated carbocycles. The van der Waals surface area contributed by atoms with Crippen LogP contribution in [0.25, 0.3) is 0 Å². The van der Waals surface area contributed by atoms with Crippen LogP contribution in [0.5, 0.6) is 5.75 Å². The number of ketones is 1. The van der Waals surface area contributed by atoms with Crippen LogP contribution in [0.3, 0.4) is 0 Å². The molecule has 50 heavy (non-hydrogen) atoms. The quantitative estimate of drug-likeness (QED) is 0.161. The van der Waals surface area contributed by atoms with E-state index in [-0.39, 0.29) is 58.9 Å². The third-order valence-electron chi connectivity index (χ3n) is 13.0. The molecule has 270 valence electrons. The molecule has 3 aliphatic carbocycles. The number of carbonyl (C=O) groups excluding carboxylic acids is 3. The van der Waals surface area contributed by atoms with Crippen LogP contribution in [0.4, 0.5) is 11.4 Å². The molecule has 2 aromatic rings. The molecule has 0 spiro atoms. The van der Waals surface area contributed by atoms with E-state index in [9.17, 15) is 24.6 Å². The van der Waals surface area contributed by atoms with E-state index in [0.29, 0.717) is 18.5 Å². The molecular weight excluding hydrogens is 651 g/mol. The molecule has 0 unspecified atom stereocenters. The van der Waals surface area contributed by atoms with Crippen LogP contribution in [-0.4, -0.2) is 83.5 Å². The van der Waals surface area contributed by atoms with E-state index >= 15 is 0 Å². The Bertz CT molecular complexity index is 1610. The largest absolute Gasteiger partial charge is 0.508 e. The Hall–Kier alpha value is -3.34. The number of para-hydroxylation sites is 1. The molecule has 4 fully saturated rings. The number of esters is 1. The van der Waals surface area contributed by atoms with Crippen LogP contribution in [0, 0.1) is 34.0 Å². The van der Waals surface area contributed by atoms with Gasteiger partial charge in [0.1, 0.15) is 17.6 Å². The first-order chi connectivity index (χ1) is 23.8. The summed E-state index contributed by atoms with van der Waals surface area (Å²) in [6.45, 7) is 15.7. The van der Waals surface area contributed by atoms with Gasteiger partial charge in [0.15, 0.2) is 0 Å². The van der Waals surface area contributed by atoms with Gasteiger partial charge in [-0.25, -0.2) is 0 Å². The topological polar surface area (TPSA) is 119 Å². The van der Waals surface area contributed by atoms with E-state index in [1.165, 1.54) is 11.8 Å². The summed E-state index contributed by atoms with van der Waals surface area (Å²) >= 11 is 1.32. The minimum absolute atomic E-state index is 0.0400. The van der Waals surface area contributed by atoms with Crippen molar-refractivity contribution in [3.8, 4) is 5.75 Å². The molecule has 6 rings (SSSR count). The highest BCUT2D eigenvalue weighted by Gasteiger charge is 2.68. The number of Topliss-reactive ketones (excluding diaryl/α,β-unsaturated/α-hetero) is 1. The third kappa shape index (κ3) is 6.71. The number of amides is 1. The molecule has 8 atom stereocenters. The second-order valence-corrected chi connectivity index (χ2v) is 16.7. The normalized spacial score (nSPS) is 34.3. The summed E-state index contributed by atoms with van der Waals surface area (Å²) in [4.78, 5) is 45.7. The fourth-order valence-corrected chi connectivity index (χ4v) is 10.6. The highest BCUT2D eigenvalue weighted by atomic mass is 32.2. The van der Waals surface area contributed by atoms with Crippen molar-refractivity contribution >= 4 is 40.8 Å². The molecule has 2 aromatic carbocycles. The summed E-state index contributed by atoms with van der Waals surface area (Å²) in [6.07, 6.45) is 4.01. The van der Waals surface area contributed by atoms with Crippen LogP contribution >= 0.6 is 11.8 Å². The van der Waals surface area contributed by atoms with Gasteiger partial charge in [-0.05, 0) is 67.2 Å². The molecule has 0 aromatic heterocycles. The Morgan fingerprint density at radius 1 is 1.08 bits per heavy atom. The Balaban J connectivity index is 1.10. The van der Waals surface area contributed by atoms with E-state index in [0.717, 1.165) is 56.0 Å². The van der Waals surface area contributed by atoms with E-state index in [4.69, 9.17) is 4.74 Å². The number of nitrogens with zero attached hydrogens (tertiary/aromatic N) is 2. The van der Waals surface area contributed by atoms with Gasteiger partial charge in [-0.3, -0.25) is 19.3 Å². The summed E-state index contributed by atoms with van der Waals surface area (Å²) in [7, 11) is 0. The molecule has 1 saturated heterocycles. The molecule has 4 aliphatic rings. The van der Waals surface area contributed by atoms with Crippen molar-refractivity contribution in [1.82, 2.24) is 4.90 Å². The summed E-state index contributed by atoms with van der Waals surface area (Å²) < 4.78 is 6.43. The highest BCUT2D eigenvalue weighted by Crippen LogP contribution is 2.68. The predicted octanol–water partition coefficient (Wildman–Crippen LogP) is 6.15. The summed E-state index contributed by atoms with van der Waals surface area (Å²) in [5.74, 6) is -0.177. The first kappa shape index (κ1) is 36.5. The second kappa shape index (κ2) is 14.4. The van der Waals surface area contributed by atoms with Crippen molar-refractivity contribution < 1.29 is 29.3 Å². The number of phenolic OH excluding ortho intramolecular Hbond substituents is 1. The lowest BCUT2D eigenvalue weighted by Crippen LogP contribution is -2.63. The lowest BCUT2D eigenvalue weighted by molar-refractivity contribution is -0.205. The molecule has 9 nitrogen and oxygen atoms in total. The van der Waals surface area contributed by atoms with Gasteiger partial charge in [-0.1, -0.05) is 52.0 Å². The third-order valence-corrected chi connectivity index (χ3v) is 14.1. The van der Waals surface area contributed by atoms with Gasteiger partial charge in [0.25, 0.3) is 0 Å². The molecule has 1 heterocycles. The first-order valence-corrected chi connectivity index (χ1v) is 19.1. The number of hydrogen-bond acceptors (Lipinski definition) is 9. The monoisotopic (exact) mass is 703 g/mol. The maximum atomic E-state index is 13.7. The van der Waals surface area contributed by atoms with Crippen molar-refractivity contribution in [1.29, 1.82) is 0 Å². The number of ether oxygens (including phenoxy) is 1. The fraction of sp³-hybridized carbons (Fsp3) is 0.575. The van der Waals surface area contributed by atoms with Crippen LogP contribution in [0.15, 0.2) is 66.1 Å². The summed E-state index contributed by atoms with van der Waals surface area (Å²) in [5.41, 5.74) is 0.0412. The second-order valence-electron chi connectivity index (χ2n) is 15.7. The van der Waals surface area contributed by atoms with Gasteiger partial charge >= 0.3 is 5.97 Å². The van der Waals surface area contributed by atoms with Crippen LogP contribution in [0.2, 0.25) is 0 Å². The average molecular weight is 704 g/mol. The Morgan fingerprint density at radius 2 is 1.82 bits per heavy atom. The van der Waals surface area contributed by atoms with Gasteiger partial charge in [-0.15, -0.1) is 18.3 Å². The summed E-state index contributed by atoms with van der Waals surface area (Å²) in [6, 6.07) is 14.7. The Labute approximate surface area is 300 Å². The molecule has 0 radical (unpaired) electrons. The lowest BCUT2D eigenvalue weighted by atomic mass is 9.44. The van der Waals surface area contributed by atoms with Crippen LogP contribution in [0.1, 0.15) is 59.8 Å². The molecular formula is C40H53N3O6S. The summed E-state index contributed by atoms with van der Waals surface area (Å²) in [5, 5.41) is 24.7. The molecule has 1 amide bonds. The number of aromatic hydroxyl groups is 1. The number of aliphatic hydroxyl groups is 1. The molecule has 1 aliphatic heterocycles. The van der Waals surface area contributed by atoms with Crippen LogP contribution < -0.4 is 10.2 Å². The zero-order valence-electron chi connectivity index (χ0n) is 29.9. The zero-order chi connectivity index (χ0) is 35.8. The minimum atomic E-state index is -0.709. The molecule has 2 bridgehead atoms. The smallest absolute Gasteiger partial charge is 0.316 e. The number of hydrogen-bond donors (Lipinski definition) is 3. The number of thioether (sulfide) groups is 1. The van der Waals surface area contributed by atoms with E-state index in [1.807, 2.05) is 49.4 Å². The number of carbonyl (C=O) groups is 3. The maximum Gasteiger partial charge on any atom is 0.316 e. The van der Waals surface area contributed by atoms with Gasteiger partial charge in [0.05, 0.1) is 24.1 Å². The number of aliphatic hydroxyl groups excluding tert-OH is 1. The van der Waals surface area contributed by atoms with Gasteiger partial charge in [-0.2, -0.15) is 0 Å². The standard InChI is InChI=1S/C40H53N3O6S/c1-6-38(4)23-33(39(5)26(2)14-16-40(27(3)37(38)48)17-15-31(45)36(39)40)49-35(47)25-50-32-13-8-7-12-30(32)41-34(46)24-42-18-20-43(21-19-42)28-10-9-11-29(44)22-28/h6-13,22,26-27,33,36-37,44,48H,1,14-21,23-25H2,2-5H3,(H,41,46)/t26-,27+,33-,36+,37+,38-,39+,40+/m1/s1. The SMILES string of the molecule is C=C[C@]1(C)C[C@@H](OC(=O)CSc2ccccc2NC(=O)CN2CCN(c3cccc(O)c3)CC2)[C@]2(C)[C@H](C)CC[C@]3(CCC(=O)[C@H]32)[C@@H](C)[C@@H]1O. The van der Waals surface area contributed by atoms with Crippen molar-refractivity contribution in [3.63, 3.8) is 0 Å². The van der Waals surface area contributed by atoms with Crippen molar-refractivity contribution in [2.75, 3.05) is 48.7 Å². The Kier molecular flexibility index (Phi) is 10.5. The molecule has 10 heteroatoms. The van der Waals surface area contributed by atoms with Crippen molar-refractivity contribution in [2.45, 2.75) is 76.9 Å². The lowest BCUT2D eigenvalue weighted by Gasteiger charge is -2.61. The minimum Gasteiger partial charge on any atom is -0.508 e. The number of phenols is 1. The van der Waals surface area contributed by atoms with E-state index in [1.54, 1.807) is 12.1 Å². The van der Waals surface area contributed by atoms with Gasteiger partial charge < -0.3 is 25.2 Å².